The van der Waals surface area contributed by atoms with Crippen molar-refractivity contribution in [2.75, 3.05) is 14.1 Å². The van der Waals surface area contributed by atoms with Crippen LogP contribution in [-0.4, -0.2) is 60.9 Å². The lowest BCUT2D eigenvalue weighted by molar-refractivity contribution is -0.128. The third-order valence-electron chi connectivity index (χ3n) is 5.36. The smallest absolute Gasteiger partial charge is 0.387 e. The number of ether oxygens (including phenoxy) is 1. The molecule has 1 amide bonds. The fraction of sp³-hybridized carbons (Fsp3) is 0.174. The first-order chi connectivity index (χ1) is 16.8. The number of likely N-dealkylation sites (N-methyl/N-ethyl adjacent to an activating group) is 1. The van der Waals surface area contributed by atoms with E-state index in [4.69, 9.17) is 16.3 Å². The van der Waals surface area contributed by atoms with Gasteiger partial charge in [0.2, 0.25) is 5.91 Å². The van der Waals surface area contributed by atoms with Crippen LogP contribution >= 0.6 is 11.6 Å². The molecule has 178 valence electrons. The molecule has 1 aromatic carbocycles. The maximum atomic E-state index is 13.1. The number of halogens is 3. The topological polar surface area (TPSA) is 90.4 Å². The molecule has 5 aromatic rings. The van der Waals surface area contributed by atoms with E-state index in [0.29, 0.717) is 38.5 Å². The summed E-state index contributed by atoms with van der Waals surface area (Å²) in [5.74, 6) is -0.313. The summed E-state index contributed by atoms with van der Waals surface area (Å²) in [5.41, 5.74) is 3.49. The zero-order valence-electron chi connectivity index (χ0n) is 18.6. The van der Waals surface area contributed by atoms with Gasteiger partial charge in [0.05, 0.1) is 23.8 Å². The molecule has 0 saturated carbocycles. The number of fused-ring (bicyclic) bond motifs is 2. The van der Waals surface area contributed by atoms with Crippen molar-refractivity contribution in [3.63, 3.8) is 0 Å². The molecular formula is C23H18ClF2N7O2. The zero-order valence-corrected chi connectivity index (χ0v) is 19.3. The Labute approximate surface area is 202 Å². The van der Waals surface area contributed by atoms with E-state index in [0.717, 1.165) is 0 Å². The number of rotatable bonds is 6. The summed E-state index contributed by atoms with van der Waals surface area (Å²) in [5, 5.41) is 9.17. The minimum absolute atomic E-state index is 0.0350. The molecule has 0 bridgehead atoms. The monoisotopic (exact) mass is 497 g/mol. The molecule has 4 heterocycles. The predicted octanol–water partition coefficient (Wildman–Crippen LogP) is 4.02. The molecule has 0 unspecified atom stereocenters. The summed E-state index contributed by atoms with van der Waals surface area (Å²) in [6, 6.07) is 7.80. The summed E-state index contributed by atoms with van der Waals surface area (Å²) in [6.07, 6.45) is 6.69. The normalized spacial score (nSPS) is 11.5. The highest BCUT2D eigenvalue weighted by Crippen LogP contribution is 2.33. The summed E-state index contributed by atoms with van der Waals surface area (Å²) in [4.78, 5) is 22.8. The van der Waals surface area contributed by atoms with Gasteiger partial charge in [-0.15, -0.1) is 0 Å². The molecule has 35 heavy (non-hydrogen) atoms. The van der Waals surface area contributed by atoms with Crippen molar-refractivity contribution in [1.29, 1.82) is 0 Å². The molecule has 0 aliphatic heterocycles. The van der Waals surface area contributed by atoms with Gasteiger partial charge in [-0.2, -0.15) is 19.0 Å². The lowest BCUT2D eigenvalue weighted by Gasteiger charge is -2.12. The fourth-order valence-corrected chi connectivity index (χ4v) is 3.86. The Balaban J connectivity index is 1.74. The van der Waals surface area contributed by atoms with Crippen molar-refractivity contribution in [2.24, 2.45) is 0 Å². The molecule has 5 rings (SSSR count). The van der Waals surface area contributed by atoms with E-state index in [9.17, 15) is 13.6 Å². The van der Waals surface area contributed by atoms with Crippen molar-refractivity contribution in [2.45, 2.75) is 13.0 Å². The molecule has 0 aliphatic rings. The Bertz CT molecular complexity index is 1560. The highest BCUT2D eigenvalue weighted by molar-refractivity contribution is 6.30. The van der Waals surface area contributed by atoms with Crippen LogP contribution in [0.2, 0.25) is 5.02 Å². The molecular weight excluding hydrogens is 480 g/mol. The quantitative estimate of drug-likeness (QED) is 0.352. The minimum Gasteiger partial charge on any atom is -0.433 e. The van der Waals surface area contributed by atoms with Crippen molar-refractivity contribution in [1.82, 2.24) is 34.3 Å². The number of carbonyl (C=O) groups excluding carboxylic acids is 1. The van der Waals surface area contributed by atoms with Crippen LogP contribution in [-0.2, 0) is 11.2 Å². The number of nitrogens with zero attached hydrogens (tertiary/aromatic N) is 7. The molecule has 0 spiro atoms. The molecule has 0 radical (unpaired) electrons. The molecule has 0 fully saturated rings. The van der Waals surface area contributed by atoms with Crippen molar-refractivity contribution < 1.29 is 18.3 Å². The van der Waals surface area contributed by atoms with Crippen LogP contribution in [0.4, 0.5) is 8.78 Å². The average molecular weight is 498 g/mol. The summed E-state index contributed by atoms with van der Waals surface area (Å²) < 4.78 is 34.0. The molecule has 0 N–H and O–H groups in total. The largest absolute Gasteiger partial charge is 0.433 e. The summed E-state index contributed by atoms with van der Waals surface area (Å²) >= 11 is 6.19. The van der Waals surface area contributed by atoms with Crippen LogP contribution in [0.3, 0.4) is 0 Å². The van der Waals surface area contributed by atoms with E-state index < -0.39 is 6.61 Å². The minimum atomic E-state index is -3.05. The molecule has 0 aliphatic carbocycles. The Morgan fingerprint density at radius 3 is 2.80 bits per heavy atom. The van der Waals surface area contributed by atoms with E-state index in [2.05, 4.69) is 20.2 Å². The lowest BCUT2D eigenvalue weighted by Crippen LogP contribution is -2.23. The van der Waals surface area contributed by atoms with Gasteiger partial charge in [0.15, 0.2) is 11.4 Å². The Kier molecular flexibility index (Phi) is 5.77. The summed E-state index contributed by atoms with van der Waals surface area (Å²) in [6.45, 7) is -3.05. The number of carbonyl (C=O) groups is 1. The SMILES string of the molecule is CN(C)C(=O)Cc1nn(-c2cc(Cl)ccc2OC(F)F)c2cc(-c3cnn4cccnc34)cnc12. The van der Waals surface area contributed by atoms with Crippen molar-refractivity contribution in [3.8, 4) is 22.6 Å². The second kappa shape index (κ2) is 8.91. The fourth-order valence-electron chi connectivity index (χ4n) is 3.69. The highest BCUT2D eigenvalue weighted by Gasteiger charge is 2.22. The number of pyridine rings is 1. The Morgan fingerprint density at radius 1 is 1.20 bits per heavy atom. The number of hydrogen-bond acceptors (Lipinski definition) is 6. The van der Waals surface area contributed by atoms with Gasteiger partial charge >= 0.3 is 6.61 Å². The second-order valence-corrected chi connectivity index (χ2v) is 8.29. The summed E-state index contributed by atoms with van der Waals surface area (Å²) in [7, 11) is 3.27. The second-order valence-electron chi connectivity index (χ2n) is 7.85. The first-order valence-electron chi connectivity index (χ1n) is 10.4. The number of aromatic nitrogens is 6. The van der Waals surface area contributed by atoms with Crippen LogP contribution < -0.4 is 4.74 Å². The highest BCUT2D eigenvalue weighted by atomic mass is 35.5. The molecule has 0 saturated heterocycles. The van der Waals surface area contributed by atoms with E-state index in [1.807, 2.05) is 0 Å². The number of hydrogen-bond donors (Lipinski definition) is 0. The van der Waals surface area contributed by atoms with Crippen LogP contribution in [0.25, 0.3) is 33.5 Å². The van der Waals surface area contributed by atoms with E-state index in [1.54, 1.807) is 55.5 Å². The first-order valence-corrected chi connectivity index (χ1v) is 10.8. The molecule has 12 heteroatoms. The Hall–Kier alpha value is -4.12. The van der Waals surface area contributed by atoms with E-state index in [1.165, 1.54) is 27.8 Å². The van der Waals surface area contributed by atoms with Gasteiger partial charge < -0.3 is 9.64 Å². The molecule has 0 atom stereocenters. The van der Waals surface area contributed by atoms with Crippen molar-refractivity contribution >= 4 is 34.2 Å². The van der Waals surface area contributed by atoms with Gasteiger partial charge in [-0.1, -0.05) is 11.6 Å². The van der Waals surface area contributed by atoms with Crippen LogP contribution in [0, 0.1) is 0 Å². The maximum absolute atomic E-state index is 13.1. The van der Waals surface area contributed by atoms with Gasteiger partial charge in [-0.05, 0) is 30.3 Å². The van der Waals surface area contributed by atoms with Crippen molar-refractivity contribution in [3.05, 3.63) is 65.8 Å². The third-order valence-corrected chi connectivity index (χ3v) is 5.60. The number of benzene rings is 1. The predicted molar refractivity (Wildman–Crippen MR) is 125 cm³/mol. The third kappa shape index (κ3) is 4.26. The van der Waals surface area contributed by atoms with Crippen LogP contribution in [0.5, 0.6) is 5.75 Å². The number of amides is 1. The Morgan fingerprint density at radius 2 is 2.03 bits per heavy atom. The van der Waals surface area contributed by atoms with Gasteiger partial charge in [0.25, 0.3) is 0 Å². The standard InChI is InChI=1S/C23H18ClF2N7O2/c1-31(2)20(34)10-16-21-18(33(30-16)17-9-14(24)4-5-19(17)35-23(25)26)8-13(11-28-21)15-12-29-32-7-3-6-27-22(15)32/h3-9,11-12,23H,10H2,1-2H3. The van der Waals surface area contributed by atoms with Gasteiger partial charge in [-0.25, -0.2) is 14.2 Å². The number of alkyl halides is 2. The molecule has 4 aromatic heterocycles. The van der Waals surface area contributed by atoms with E-state index in [-0.39, 0.29) is 23.8 Å². The van der Waals surface area contributed by atoms with Gasteiger partial charge in [0.1, 0.15) is 11.2 Å². The van der Waals surface area contributed by atoms with E-state index >= 15 is 0 Å². The zero-order chi connectivity index (χ0) is 24.7. The van der Waals surface area contributed by atoms with Gasteiger partial charge in [-0.3, -0.25) is 9.78 Å². The maximum Gasteiger partial charge on any atom is 0.387 e. The molecule has 9 nitrogen and oxygen atoms in total. The van der Waals surface area contributed by atoms with Crippen LogP contribution in [0.1, 0.15) is 5.69 Å². The average Bonchev–Trinajstić information content (AvgIpc) is 3.41. The van der Waals surface area contributed by atoms with Crippen LogP contribution in [0.15, 0.2) is 55.1 Å². The first kappa shape index (κ1) is 22.7. The van der Waals surface area contributed by atoms with Gasteiger partial charge in [0, 0.05) is 48.8 Å². The lowest BCUT2D eigenvalue weighted by atomic mass is 10.1.